The molecule has 1 aliphatic heterocycles. The van der Waals surface area contributed by atoms with E-state index in [0.717, 1.165) is 6.08 Å². The van der Waals surface area contributed by atoms with E-state index in [2.05, 4.69) is 11.3 Å². The largest absolute Gasteiger partial charge is 0.430 e. The van der Waals surface area contributed by atoms with Crippen LogP contribution in [-0.4, -0.2) is 63.7 Å². The molecule has 0 bridgehead atoms. The number of rotatable bonds is 3. The lowest BCUT2D eigenvalue weighted by Crippen LogP contribution is -2.59. The highest BCUT2D eigenvalue weighted by molar-refractivity contribution is 5.81. The Bertz CT molecular complexity index is 265. The summed E-state index contributed by atoms with van der Waals surface area (Å²) >= 11 is 0. The van der Waals surface area contributed by atoms with Crippen LogP contribution in [0.25, 0.3) is 0 Å². The average Bonchev–Trinajstić information content (AvgIpc) is 2.29. The van der Waals surface area contributed by atoms with E-state index in [0.29, 0.717) is 0 Å². The molecule has 0 aromatic rings. The lowest BCUT2D eigenvalue weighted by atomic mass is 9.99. The van der Waals surface area contributed by atoms with Gasteiger partial charge in [0.2, 0.25) is 6.29 Å². The second-order valence-corrected chi connectivity index (χ2v) is 3.34. The van der Waals surface area contributed by atoms with Crippen LogP contribution in [0.15, 0.2) is 12.7 Å². The van der Waals surface area contributed by atoms with Crippen LogP contribution >= 0.6 is 0 Å². The third-order valence-electron chi connectivity index (χ3n) is 2.25. The van der Waals surface area contributed by atoms with Crippen molar-refractivity contribution in [2.24, 2.45) is 0 Å². The number of hydrogen-bond donors (Lipinski definition) is 4. The number of hydrogen-bond acceptors (Lipinski definition) is 7. The highest BCUT2D eigenvalue weighted by atomic mass is 16.7. The lowest BCUT2D eigenvalue weighted by molar-refractivity contribution is -0.291. The van der Waals surface area contributed by atoms with Gasteiger partial charge in [0.15, 0.2) is 0 Å². The molecule has 0 spiro atoms. The van der Waals surface area contributed by atoms with Gasteiger partial charge in [-0.25, -0.2) is 4.79 Å². The van der Waals surface area contributed by atoms with Crippen LogP contribution < -0.4 is 0 Å². The molecular weight excluding hydrogens is 220 g/mol. The van der Waals surface area contributed by atoms with Crippen molar-refractivity contribution in [3.05, 3.63) is 12.7 Å². The normalized spacial score (nSPS) is 39.1. The van der Waals surface area contributed by atoms with Gasteiger partial charge in [-0.2, -0.15) is 0 Å². The van der Waals surface area contributed by atoms with Crippen LogP contribution in [0.2, 0.25) is 0 Å². The SMILES string of the molecule is C=CC(=O)O[C@H]1O[C@H](CO)[C@@H](O)[C@H](O)[C@H]1O. The molecule has 1 heterocycles. The standard InChI is InChI=1S/C9H14O7/c1-2-5(11)16-9-8(14)7(13)6(12)4(3-10)15-9/h2,4,6-10,12-14H,1,3H2/t4-,6-,7+,8-,9-/m1/s1. The maximum atomic E-state index is 10.9. The molecule has 0 aromatic carbocycles. The molecule has 7 nitrogen and oxygen atoms in total. The molecule has 0 unspecified atom stereocenters. The number of ether oxygens (including phenoxy) is 2. The minimum atomic E-state index is -1.58. The minimum absolute atomic E-state index is 0.576. The van der Waals surface area contributed by atoms with Gasteiger partial charge in [0, 0.05) is 6.08 Å². The van der Waals surface area contributed by atoms with Crippen molar-refractivity contribution < 1.29 is 34.7 Å². The van der Waals surface area contributed by atoms with Crippen molar-refractivity contribution >= 4 is 5.97 Å². The van der Waals surface area contributed by atoms with Gasteiger partial charge in [-0.1, -0.05) is 6.58 Å². The number of aliphatic hydroxyl groups is 4. The maximum absolute atomic E-state index is 10.9. The van der Waals surface area contributed by atoms with E-state index in [9.17, 15) is 20.1 Å². The van der Waals surface area contributed by atoms with Crippen molar-refractivity contribution in [3.8, 4) is 0 Å². The monoisotopic (exact) mass is 234 g/mol. The summed E-state index contributed by atoms with van der Waals surface area (Å²) in [4.78, 5) is 10.9. The summed E-state index contributed by atoms with van der Waals surface area (Å²) in [6, 6.07) is 0. The average molecular weight is 234 g/mol. The van der Waals surface area contributed by atoms with Crippen molar-refractivity contribution in [2.75, 3.05) is 6.61 Å². The van der Waals surface area contributed by atoms with Crippen LogP contribution in [0.5, 0.6) is 0 Å². The van der Waals surface area contributed by atoms with Crippen molar-refractivity contribution in [2.45, 2.75) is 30.7 Å². The first-order valence-corrected chi connectivity index (χ1v) is 4.64. The molecular formula is C9H14O7. The molecule has 1 rings (SSSR count). The Labute approximate surface area is 91.5 Å². The molecule has 16 heavy (non-hydrogen) atoms. The van der Waals surface area contributed by atoms with E-state index in [4.69, 9.17) is 9.84 Å². The van der Waals surface area contributed by atoms with Crippen molar-refractivity contribution in [1.82, 2.24) is 0 Å². The number of esters is 1. The Hall–Kier alpha value is -0.990. The number of carbonyl (C=O) groups is 1. The maximum Gasteiger partial charge on any atom is 0.332 e. The molecule has 4 N–H and O–H groups in total. The van der Waals surface area contributed by atoms with E-state index < -0.39 is 43.3 Å². The van der Waals surface area contributed by atoms with Gasteiger partial charge in [0.1, 0.15) is 24.4 Å². The molecule has 0 saturated carbocycles. The summed E-state index contributed by atoms with van der Waals surface area (Å²) in [5.74, 6) is -0.843. The van der Waals surface area contributed by atoms with Crippen LogP contribution in [0.3, 0.4) is 0 Å². The predicted molar refractivity (Wildman–Crippen MR) is 50.1 cm³/mol. The summed E-state index contributed by atoms with van der Waals surface area (Å²) in [5.41, 5.74) is 0. The number of carbonyl (C=O) groups excluding carboxylic acids is 1. The fraction of sp³-hybridized carbons (Fsp3) is 0.667. The molecule has 1 fully saturated rings. The molecule has 5 atom stereocenters. The van der Waals surface area contributed by atoms with E-state index >= 15 is 0 Å². The molecule has 0 radical (unpaired) electrons. The lowest BCUT2D eigenvalue weighted by Gasteiger charge is -2.38. The summed E-state index contributed by atoms with van der Waals surface area (Å²) in [6.07, 6.45) is -6.29. The molecule has 0 aliphatic carbocycles. The summed E-state index contributed by atoms with van der Waals surface area (Å²) in [5, 5.41) is 37.0. The Balaban J connectivity index is 2.70. The Morgan fingerprint density at radius 1 is 1.31 bits per heavy atom. The fourth-order valence-electron chi connectivity index (χ4n) is 1.33. The van der Waals surface area contributed by atoms with Gasteiger partial charge >= 0.3 is 5.97 Å². The van der Waals surface area contributed by atoms with E-state index in [1.165, 1.54) is 0 Å². The minimum Gasteiger partial charge on any atom is -0.430 e. The predicted octanol–water partition coefficient (Wildman–Crippen LogP) is -2.48. The van der Waals surface area contributed by atoms with Gasteiger partial charge in [-0.15, -0.1) is 0 Å². The smallest absolute Gasteiger partial charge is 0.332 e. The van der Waals surface area contributed by atoms with Gasteiger partial charge in [0.25, 0.3) is 0 Å². The molecule has 1 aliphatic rings. The van der Waals surface area contributed by atoms with Gasteiger partial charge in [-0.3, -0.25) is 0 Å². The third-order valence-corrected chi connectivity index (χ3v) is 2.25. The molecule has 0 aromatic heterocycles. The van der Waals surface area contributed by atoms with E-state index in [-0.39, 0.29) is 0 Å². The van der Waals surface area contributed by atoms with Gasteiger partial charge < -0.3 is 29.9 Å². The highest BCUT2D eigenvalue weighted by Crippen LogP contribution is 2.21. The Morgan fingerprint density at radius 2 is 1.94 bits per heavy atom. The van der Waals surface area contributed by atoms with Crippen LogP contribution in [0, 0.1) is 0 Å². The first-order chi connectivity index (χ1) is 7.51. The second-order valence-electron chi connectivity index (χ2n) is 3.34. The van der Waals surface area contributed by atoms with Gasteiger partial charge in [-0.05, 0) is 0 Å². The summed E-state index contributed by atoms with van der Waals surface area (Å²) in [7, 11) is 0. The first-order valence-electron chi connectivity index (χ1n) is 4.64. The summed E-state index contributed by atoms with van der Waals surface area (Å²) < 4.78 is 9.49. The second kappa shape index (κ2) is 5.37. The van der Waals surface area contributed by atoms with Crippen molar-refractivity contribution in [3.63, 3.8) is 0 Å². The summed E-state index contributed by atoms with van der Waals surface area (Å²) in [6.45, 7) is 2.58. The van der Waals surface area contributed by atoms with Crippen LogP contribution in [-0.2, 0) is 14.3 Å². The Morgan fingerprint density at radius 3 is 2.44 bits per heavy atom. The zero-order valence-corrected chi connectivity index (χ0v) is 8.39. The molecule has 7 heteroatoms. The number of aliphatic hydroxyl groups excluding tert-OH is 4. The van der Waals surface area contributed by atoms with Crippen LogP contribution in [0.1, 0.15) is 0 Å². The topological polar surface area (TPSA) is 116 Å². The molecule has 92 valence electrons. The zero-order chi connectivity index (χ0) is 12.3. The highest BCUT2D eigenvalue weighted by Gasteiger charge is 2.45. The first kappa shape index (κ1) is 13.1. The van der Waals surface area contributed by atoms with E-state index in [1.807, 2.05) is 0 Å². The quantitative estimate of drug-likeness (QED) is 0.315. The molecule has 1 saturated heterocycles. The molecule has 0 amide bonds. The Kier molecular flexibility index (Phi) is 4.39. The fourth-order valence-corrected chi connectivity index (χ4v) is 1.33. The zero-order valence-electron chi connectivity index (χ0n) is 8.39. The van der Waals surface area contributed by atoms with Crippen LogP contribution in [0.4, 0.5) is 0 Å². The van der Waals surface area contributed by atoms with Gasteiger partial charge in [0.05, 0.1) is 6.61 Å². The van der Waals surface area contributed by atoms with Crippen molar-refractivity contribution in [1.29, 1.82) is 0 Å². The van der Waals surface area contributed by atoms with E-state index in [1.54, 1.807) is 0 Å². The third kappa shape index (κ3) is 2.57.